The average Bonchev–Trinajstić information content (AvgIpc) is 2.88. The molecule has 2 aliphatic rings. The lowest BCUT2D eigenvalue weighted by molar-refractivity contribution is -0.130. The number of carbonyl (C=O) groups excluding carboxylic acids is 1. The van der Waals surface area contributed by atoms with E-state index in [4.69, 9.17) is 16.3 Å². The fourth-order valence-corrected chi connectivity index (χ4v) is 4.85. The molecule has 7 nitrogen and oxygen atoms in total. The molecule has 1 saturated heterocycles. The van der Waals surface area contributed by atoms with Crippen LogP contribution >= 0.6 is 11.6 Å². The van der Waals surface area contributed by atoms with Gasteiger partial charge in [0.1, 0.15) is 12.4 Å². The number of piperazine rings is 1. The highest BCUT2D eigenvalue weighted by atomic mass is 35.5. The largest absolute Gasteiger partial charge is 0.487 e. The number of benzene rings is 1. The lowest BCUT2D eigenvalue weighted by Crippen LogP contribution is -2.47. The van der Waals surface area contributed by atoms with E-state index in [9.17, 15) is 9.59 Å². The highest BCUT2D eigenvalue weighted by Gasteiger charge is 2.19. The van der Waals surface area contributed by atoms with Crippen molar-refractivity contribution in [3.8, 4) is 5.75 Å². The number of allylic oxidation sites excluding steroid dienone is 1. The molecule has 3 aromatic rings. The Bertz CT molecular complexity index is 1340. The van der Waals surface area contributed by atoms with Crippen LogP contribution in [0.25, 0.3) is 11.8 Å². The molecule has 1 amide bonds. The average molecular weight is 505 g/mol. The summed E-state index contributed by atoms with van der Waals surface area (Å²) in [7, 11) is 0. The van der Waals surface area contributed by atoms with E-state index in [1.54, 1.807) is 36.0 Å². The highest BCUT2D eigenvalue weighted by molar-refractivity contribution is 6.30. The number of fused-ring (bicyclic) bond motifs is 1. The fourth-order valence-electron chi connectivity index (χ4n) is 4.74. The summed E-state index contributed by atoms with van der Waals surface area (Å²) in [5.74, 6) is 0.668. The van der Waals surface area contributed by atoms with Crippen LogP contribution in [0.5, 0.6) is 5.75 Å². The summed E-state index contributed by atoms with van der Waals surface area (Å²) < 4.78 is 7.44. The Morgan fingerprint density at radius 2 is 1.89 bits per heavy atom. The SMILES string of the molecule is CC(=O)N1CCN(Cc2ccc3c(c2)CCC(n2ccc(OCc4ccc(Cl)cn4)cc2=O)=C3)CC1. The van der Waals surface area contributed by atoms with Crippen molar-refractivity contribution in [1.29, 1.82) is 0 Å². The van der Waals surface area contributed by atoms with Crippen molar-refractivity contribution >= 4 is 29.3 Å². The molecule has 0 N–H and O–H groups in total. The minimum absolute atomic E-state index is 0.118. The van der Waals surface area contributed by atoms with Gasteiger partial charge < -0.3 is 9.64 Å². The van der Waals surface area contributed by atoms with Crippen molar-refractivity contribution in [3.05, 3.63) is 92.6 Å². The molecule has 3 heterocycles. The number of ether oxygens (including phenoxy) is 1. The van der Waals surface area contributed by atoms with E-state index in [0.717, 1.165) is 62.5 Å². The van der Waals surface area contributed by atoms with Gasteiger partial charge in [-0.05, 0) is 53.8 Å². The third kappa shape index (κ3) is 5.69. The maximum absolute atomic E-state index is 12.8. The number of aryl methyl sites for hydroxylation is 1. The smallest absolute Gasteiger partial charge is 0.258 e. The molecule has 0 atom stereocenters. The first-order chi connectivity index (χ1) is 17.4. The van der Waals surface area contributed by atoms with Crippen LogP contribution < -0.4 is 10.3 Å². The molecule has 186 valence electrons. The number of halogens is 1. The third-order valence-corrected chi connectivity index (χ3v) is 7.00. The Kier molecular flexibility index (Phi) is 7.20. The Labute approximate surface area is 215 Å². The number of rotatable bonds is 6. The molecule has 5 rings (SSSR count). The van der Waals surface area contributed by atoms with Crippen molar-refractivity contribution in [1.82, 2.24) is 19.4 Å². The predicted molar refractivity (Wildman–Crippen MR) is 141 cm³/mol. The Hall–Kier alpha value is -3.42. The number of nitrogens with zero attached hydrogens (tertiary/aromatic N) is 4. The van der Waals surface area contributed by atoms with Crippen LogP contribution in [-0.4, -0.2) is 51.4 Å². The lowest BCUT2D eigenvalue weighted by Gasteiger charge is -2.34. The maximum atomic E-state index is 12.8. The second-order valence-electron chi connectivity index (χ2n) is 9.28. The van der Waals surface area contributed by atoms with Gasteiger partial charge in [-0.25, -0.2) is 0 Å². The number of carbonyl (C=O) groups is 1. The standard InChI is InChI=1S/C28H29ClN4O3/c1-20(34)32-12-10-31(11-13-32)18-21-2-3-23-15-26(7-4-22(23)14-21)33-9-8-27(16-28(33)35)36-19-25-6-5-24(29)17-30-25/h2-3,5-6,8-9,14-17H,4,7,10-13,18-19H2,1H3. The summed E-state index contributed by atoms with van der Waals surface area (Å²) >= 11 is 5.87. The van der Waals surface area contributed by atoms with Gasteiger partial charge in [0.15, 0.2) is 0 Å². The van der Waals surface area contributed by atoms with E-state index in [1.807, 2.05) is 11.0 Å². The van der Waals surface area contributed by atoms with Crippen LogP contribution in [0, 0.1) is 0 Å². The van der Waals surface area contributed by atoms with E-state index in [0.29, 0.717) is 10.8 Å². The van der Waals surface area contributed by atoms with Gasteiger partial charge in [0, 0.05) is 63.8 Å². The van der Waals surface area contributed by atoms with Crippen LogP contribution in [0.3, 0.4) is 0 Å². The van der Waals surface area contributed by atoms with E-state index < -0.39 is 0 Å². The fraction of sp³-hybridized carbons (Fsp3) is 0.321. The molecule has 1 aromatic carbocycles. The predicted octanol–water partition coefficient (Wildman–Crippen LogP) is 4.08. The summed E-state index contributed by atoms with van der Waals surface area (Å²) in [4.78, 5) is 32.9. The van der Waals surface area contributed by atoms with Crippen LogP contribution in [-0.2, 0) is 24.4 Å². The molecule has 0 spiro atoms. The maximum Gasteiger partial charge on any atom is 0.258 e. The summed E-state index contributed by atoms with van der Waals surface area (Å²) in [6.45, 7) is 6.19. The summed E-state index contributed by atoms with van der Waals surface area (Å²) in [6, 6.07) is 13.5. The lowest BCUT2D eigenvalue weighted by atomic mass is 9.93. The monoisotopic (exact) mass is 504 g/mol. The molecular formula is C28H29ClN4O3. The number of amides is 1. The second kappa shape index (κ2) is 10.7. The van der Waals surface area contributed by atoms with Crippen LogP contribution in [0.15, 0.2) is 59.7 Å². The van der Waals surface area contributed by atoms with Gasteiger partial charge >= 0.3 is 0 Å². The Morgan fingerprint density at radius 3 is 2.61 bits per heavy atom. The van der Waals surface area contributed by atoms with Crippen molar-refractivity contribution in [3.63, 3.8) is 0 Å². The first kappa shape index (κ1) is 24.3. The van der Waals surface area contributed by atoms with Gasteiger partial charge in [-0.3, -0.25) is 24.0 Å². The molecule has 0 saturated carbocycles. The molecule has 8 heteroatoms. The normalized spacial score (nSPS) is 15.8. The summed E-state index contributed by atoms with van der Waals surface area (Å²) in [6.07, 6.45) is 7.14. The summed E-state index contributed by atoms with van der Waals surface area (Å²) in [5.41, 5.74) is 5.35. The first-order valence-electron chi connectivity index (χ1n) is 12.2. The molecule has 0 radical (unpaired) electrons. The van der Waals surface area contributed by atoms with Crippen molar-refractivity contribution < 1.29 is 9.53 Å². The van der Waals surface area contributed by atoms with E-state index in [2.05, 4.69) is 34.2 Å². The minimum Gasteiger partial charge on any atom is -0.487 e. The van der Waals surface area contributed by atoms with Gasteiger partial charge in [-0.1, -0.05) is 29.8 Å². The molecular weight excluding hydrogens is 476 g/mol. The van der Waals surface area contributed by atoms with Gasteiger partial charge in [0.2, 0.25) is 5.91 Å². The van der Waals surface area contributed by atoms with Crippen LogP contribution in [0.2, 0.25) is 5.02 Å². The number of hydrogen-bond donors (Lipinski definition) is 0. The number of aromatic nitrogens is 2. The van der Waals surface area contributed by atoms with Gasteiger partial charge in [0.25, 0.3) is 5.56 Å². The zero-order valence-corrected chi connectivity index (χ0v) is 21.1. The van der Waals surface area contributed by atoms with Crippen molar-refractivity contribution in [2.75, 3.05) is 26.2 Å². The zero-order valence-electron chi connectivity index (χ0n) is 20.3. The van der Waals surface area contributed by atoms with Crippen LogP contribution in [0.1, 0.15) is 35.7 Å². The molecule has 1 aliphatic carbocycles. The van der Waals surface area contributed by atoms with Crippen molar-refractivity contribution in [2.24, 2.45) is 0 Å². The molecule has 36 heavy (non-hydrogen) atoms. The molecule has 1 fully saturated rings. The van der Waals surface area contributed by atoms with E-state index in [1.165, 1.54) is 17.2 Å². The Morgan fingerprint density at radius 1 is 1.06 bits per heavy atom. The second-order valence-corrected chi connectivity index (χ2v) is 9.71. The van der Waals surface area contributed by atoms with Gasteiger partial charge in [-0.15, -0.1) is 0 Å². The first-order valence-corrected chi connectivity index (χ1v) is 12.6. The van der Waals surface area contributed by atoms with Gasteiger partial charge in [0.05, 0.1) is 10.7 Å². The Balaban J connectivity index is 1.23. The molecule has 0 unspecified atom stereocenters. The van der Waals surface area contributed by atoms with E-state index in [-0.39, 0.29) is 18.1 Å². The third-order valence-electron chi connectivity index (χ3n) is 6.78. The number of hydrogen-bond acceptors (Lipinski definition) is 5. The molecule has 1 aliphatic heterocycles. The van der Waals surface area contributed by atoms with Gasteiger partial charge in [-0.2, -0.15) is 0 Å². The molecule has 2 aromatic heterocycles. The molecule has 0 bridgehead atoms. The van der Waals surface area contributed by atoms with Crippen LogP contribution in [0.4, 0.5) is 0 Å². The van der Waals surface area contributed by atoms with E-state index >= 15 is 0 Å². The highest BCUT2D eigenvalue weighted by Crippen LogP contribution is 2.28. The topological polar surface area (TPSA) is 67.7 Å². The number of pyridine rings is 2. The minimum atomic E-state index is -0.118. The zero-order chi connectivity index (χ0) is 25.1. The summed E-state index contributed by atoms with van der Waals surface area (Å²) in [5, 5.41) is 0.573. The quantitative estimate of drug-likeness (QED) is 0.506. The van der Waals surface area contributed by atoms with Crippen molar-refractivity contribution in [2.45, 2.75) is 32.9 Å².